The van der Waals surface area contributed by atoms with E-state index in [1.165, 1.54) is 32.1 Å². The molecule has 0 aromatic heterocycles. The van der Waals surface area contributed by atoms with Gasteiger partial charge in [0.25, 0.3) is 5.24 Å². The summed E-state index contributed by atoms with van der Waals surface area (Å²) in [6.45, 7) is 0.871. The Morgan fingerprint density at radius 3 is 2.42 bits per heavy atom. The Morgan fingerprint density at radius 1 is 1.05 bits per heavy atom. The van der Waals surface area contributed by atoms with Gasteiger partial charge in [0.15, 0.2) is 0 Å². The maximum absolute atomic E-state index is 12.6. The first kappa shape index (κ1) is 15.1. The third kappa shape index (κ3) is 3.64. The number of carbonyl (C=O) groups is 1. The van der Waals surface area contributed by atoms with E-state index in [1.807, 2.05) is 0 Å². The Hall–Kier alpha value is -0.260. The summed E-state index contributed by atoms with van der Waals surface area (Å²) < 4.78 is 5.89. The van der Waals surface area contributed by atoms with E-state index in [-0.39, 0.29) is 5.24 Å². The van der Waals surface area contributed by atoms with Gasteiger partial charge in [-0.05, 0) is 25.7 Å². The molecule has 1 unspecified atom stereocenters. The minimum Gasteiger partial charge on any atom is -0.331 e. The summed E-state index contributed by atoms with van der Waals surface area (Å²) in [6.07, 6.45) is 11.0. The van der Waals surface area contributed by atoms with E-state index in [4.69, 9.17) is 4.18 Å². The van der Waals surface area contributed by atoms with Crippen LogP contribution in [0.1, 0.15) is 57.8 Å². The lowest BCUT2D eigenvalue weighted by atomic mass is 10.0. The van der Waals surface area contributed by atoms with Crippen molar-refractivity contribution in [3.63, 3.8) is 0 Å². The molecule has 2 rings (SSSR count). The predicted octanol–water partition coefficient (Wildman–Crippen LogP) is 3.47. The summed E-state index contributed by atoms with van der Waals surface area (Å²) in [4.78, 5) is 12.6. The van der Waals surface area contributed by atoms with Crippen molar-refractivity contribution in [3.05, 3.63) is 0 Å². The molecule has 1 saturated heterocycles. The van der Waals surface area contributed by atoms with Crippen LogP contribution in [0.2, 0.25) is 0 Å². The molecule has 1 heterocycles. The minimum absolute atomic E-state index is 0.125. The molecule has 4 nitrogen and oxygen atoms in total. The van der Waals surface area contributed by atoms with Gasteiger partial charge in [0.05, 0.1) is 0 Å². The Morgan fingerprint density at radius 2 is 1.74 bits per heavy atom. The average Bonchev–Trinajstić information content (AvgIpc) is 2.36. The van der Waals surface area contributed by atoms with Crippen LogP contribution in [0.5, 0.6) is 0 Å². The molecular formula is C14H28N2O2S. The quantitative estimate of drug-likeness (QED) is 0.818. The molecule has 0 bridgehead atoms. The zero-order valence-electron chi connectivity index (χ0n) is 12.1. The smallest absolute Gasteiger partial charge is 0.298 e. The van der Waals surface area contributed by atoms with E-state index in [0.29, 0.717) is 5.25 Å². The molecule has 0 aromatic carbocycles. The lowest BCUT2D eigenvalue weighted by molar-refractivity contribution is 0.252. The Bertz CT molecular complexity index is 293. The van der Waals surface area contributed by atoms with Crippen LogP contribution in [0.4, 0.5) is 4.79 Å². The third-order valence-electron chi connectivity index (χ3n) is 4.39. The lowest BCUT2D eigenvalue weighted by Crippen LogP contribution is -2.45. The van der Waals surface area contributed by atoms with Crippen LogP contribution >= 0.6 is 10.3 Å². The molecule has 5 heteroatoms. The van der Waals surface area contributed by atoms with Crippen LogP contribution in [-0.4, -0.2) is 29.9 Å². The monoisotopic (exact) mass is 288 g/mol. The van der Waals surface area contributed by atoms with Gasteiger partial charge in [-0.1, -0.05) is 42.4 Å². The van der Waals surface area contributed by atoms with Gasteiger partial charge in [-0.3, -0.25) is 10.2 Å². The van der Waals surface area contributed by atoms with Gasteiger partial charge in [-0.2, -0.15) is 0 Å². The third-order valence-corrected chi connectivity index (χ3v) is 8.16. The van der Waals surface area contributed by atoms with Crippen molar-refractivity contribution in [2.75, 3.05) is 19.4 Å². The van der Waals surface area contributed by atoms with Crippen molar-refractivity contribution >= 4 is 15.5 Å². The number of hydrazine groups is 1. The van der Waals surface area contributed by atoms with Gasteiger partial charge in [-0.25, -0.2) is 5.43 Å². The highest BCUT2D eigenvalue weighted by atomic mass is 32.3. The zero-order valence-corrected chi connectivity index (χ0v) is 12.9. The van der Waals surface area contributed by atoms with E-state index in [0.717, 1.165) is 38.0 Å². The van der Waals surface area contributed by atoms with Gasteiger partial charge in [0, 0.05) is 24.7 Å². The molecule has 0 radical (unpaired) electrons. The molecule has 1 amide bonds. The molecule has 0 spiro atoms. The Balaban J connectivity index is 2.13. The summed E-state index contributed by atoms with van der Waals surface area (Å²) in [5.41, 5.74) is 5.92. The fourth-order valence-electron chi connectivity index (χ4n) is 3.26. The van der Waals surface area contributed by atoms with Gasteiger partial charge in [-0.15, -0.1) is 0 Å². The van der Waals surface area contributed by atoms with Crippen molar-refractivity contribution in [1.29, 1.82) is 0 Å². The molecule has 1 aliphatic heterocycles. The molecule has 1 atom stereocenters. The fraction of sp³-hybridized carbons (Fsp3) is 0.929. The van der Waals surface area contributed by atoms with Crippen LogP contribution in [0, 0.1) is 0 Å². The van der Waals surface area contributed by atoms with Crippen LogP contribution < -0.4 is 10.9 Å². The number of amides is 1. The van der Waals surface area contributed by atoms with E-state index >= 15 is 0 Å². The normalized spacial score (nSPS) is 35.1. The first-order valence-corrected chi connectivity index (χ1v) is 9.47. The highest BCUT2D eigenvalue weighted by Crippen LogP contribution is 2.57. The SMILES string of the molecule is COS1(C2CCCCCCC2)CCCCNNC1=O. The molecule has 2 fully saturated rings. The first-order valence-electron chi connectivity index (χ1n) is 7.68. The average molecular weight is 288 g/mol. The predicted molar refractivity (Wildman–Crippen MR) is 81.3 cm³/mol. The molecular weight excluding hydrogens is 260 g/mol. The van der Waals surface area contributed by atoms with Crippen molar-refractivity contribution in [2.24, 2.45) is 0 Å². The molecule has 112 valence electrons. The molecule has 2 N–H and O–H groups in total. The maximum atomic E-state index is 12.6. The number of carbonyl (C=O) groups excluding carboxylic acids is 1. The second-order valence-electron chi connectivity index (χ2n) is 5.61. The van der Waals surface area contributed by atoms with Gasteiger partial charge >= 0.3 is 0 Å². The number of rotatable bonds is 2. The zero-order chi connectivity index (χ0) is 13.6. The summed E-state index contributed by atoms with van der Waals surface area (Å²) in [5.74, 6) is 0.946. The van der Waals surface area contributed by atoms with Gasteiger partial charge in [0.2, 0.25) is 0 Å². The van der Waals surface area contributed by atoms with E-state index in [9.17, 15) is 4.79 Å². The van der Waals surface area contributed by atoms with Crippen LogP contribution in [0.25, 0.3) is 0 Å². The molecule has 2 aliphatic rings. The number of hydrogen-bond donors (Lipinski definition) is 2. The Kier molecular flexibility index (Phi) is 5.98. The molecule has 1 aliphatic carbocycles. The van der Waals surface area contributed by atoms with Crippen molar-refractivity contribution in [2.45, 2.75) is 63.0 Å². The second kappa shape index (κ2) is 7.50. The van der Waals surface area contributed by atoms with Gasteiger partial charge < -0.3 is 4.18 Å². The topological polar surface area (TPSA) is 50.4 Å². The van der Waals surface area contributed by atoms with Crippen molar-refractivity contribution < 1.29 is 8.98 Å². The minimum atomic E-state index is -1.63. The largest absolute Gasteiger partial charge is 0.331 e. The van der Waals surface area contributed by atoms with Crippen LogP contribution in [-0.2, 0) is 4.18 Å². The first-order chi connectivity index (χ1) is 9.29. The van der Waals surface area contributed by atoms with Crippen molar-refractivity contribution in [1.82, 2.24) is 10.9 Å². The van der Waals surface area contributed by atoms with Crippen LogP contribution in [0.15, 0.2) is 0 Å². The summed E-state index contributed by atoms with van der Waals surface area (Å²) in [7, 11) is 0.117. The van der Waals surface area contributed by atoms with Crippen molar-refractivity contribution in [3.8, 4) is 0 Å². The fourth-order valence-corrected chi connectivity index (χ4v) is 6.64. The summed E-state index contributed by atoms with van der Waals surface area (Å²) >= 11 is 0. The van der Waals surface area contributed by atoms with Crippen LogP contribution in [0.3, 0.4) is 0 Å². The maximum Gasteiger partial charge on any atom is 0.298 e. The molecule has 19 heavy (non-hydrogen) atoms. The second-order valence-corrected chi connectivity index (χ2v) is 8.84. The number of nitrogens with one attached hydrogen (secondary N) is 2. The molecule has 0 aromatic rings. The molecule has 1 saturated carbocycles. The Labute approximate surface area is 118 Å². The lowest BCUT2D eigenvalue weighted by Gasteiger charge is -2.44. The summed E-state index contributed by atoms with van der Waals surface area (Å²) in [6, 6.07) is 0. The van der Waals surface area contributed by atoms with Gasteiger partial charge in [0.1, 0.15) is 0 Å². The number of hydrogen-bond acceptors (Lipinski definition) is 3. The highest BCUT2D eigenvalue weighted by Gasteiger charge is 2.40. The standard InChI is InChI=1S/C14H28N2O2S/c1-18-19(12-8-7-11-15-16-14(19)17)13-9-5-3-2-4-6-10-13/h13,15H,2-12H2,1H3,(H,16,17). The van der Waals surface area contributed by atoms with E-state index in [2.05, 4.69) is 10.9 Å². The summed E-state index contributed by atoms with van der Waals surface area (Å²) in [5, 5.41) is 0.581. The highest BCUT2D eigenvalue weighted by molar-refractivity contribution is 8.42. The van der Waals surface area contributed by atoms with E-state index in [1.54, 1.807) is 7.11 Å². The van der Waals surface area contributed by atoms with E-state index < -0.39 is 10.3 Å².